The molecule has 0 fully saturated rings. The van der Waals surface area contributed by atoms with Gasteiger partial charge in [0.2, 0.25) is 0 Å². The third-order valence-electron chi connectivity index (χ3n) is 6.95. The first-order valence-electron chi connectivity index (χ1n) is 12.4. The average molecular weight is 547 g/mol. The Hall–Kier alpha value is -3.82. The molecule has 38 heavy (non-hydrogen) atoms. The van der Waals surface area contributed by atoms with E-state index in [1.165, 1.54) is 20.2 Å². The Morgan fingerprint density at radius 3 is 2.00 bits per heavy atom. The quantitative estimate of drug-likeness (QED) is 0.212. The van der Waals surface area contributed by atoms with Gasteiger partial charge >= 0.3 is 0 Å². The third kappa shape index (κ3) is 4.02. The molecule has 7 aromatic rings. The predicted octanol–water partition coefficient (Wildman–Crippen LogP) is 11.7. The van der Waals surface area contributed by atoms with E-state index in [-0.39, 0.29) is 0 Å². The van der Waals surface area contributed by atoms with Crippen LogP contribution in [0.3, 0.4) is 0 Å². The molecule has 1 aromatic heterocycles. The molecule has 0 aliphatic rings. The first-order chi connectivity index (χ1) is 18.7. The van der Waals surface area contributed by atoms with Gasteiger partial charge in [-0.15, -0.1) is 11.3 Å². The van der Waals surface area contributed by atoms with E-state index in [1.807, 2.05) is 23.5 Å². The van der Waals surface area contributed by atoms with E-state index in [1.54, 1.807) is 6.07 Å². The summed E-state index contributed by atoms with van der Waals surface area (Å²) in [6.07, 6.45) is 0. The van der Waals surface area contributed by atoms with Gasteiger partial charge in [-0.25, -0.2) is 0 Å². The minimum absolute atomic E-state index is 0.628. The number of anilines is 3. The monoisotopic (exact) mass is 545 g/mol. The molecule has 0 spiro atoms. The first kappa shape index (κ1) is 23.3. The Labute approximate surface area is 235 Å². The van der Waals surface area contributed by atoms with Crippen molar-refractivity contribution in [2.24, 2.45) is 0 Å². The summed E-state index contributed by atoms with van der Waals surface area (Å²) >= 11 is 14.6. The summed E-state index contributed by atoms with van der Waals surface area (Å²) in [4.78, 5) is 2.35. The van der Waals surface area contributed by atoms with Gasteiger partial charge in [0.05, 0.1) is 5.69 Å². The molecular weight excluding hydrogens is 525 g/mol. The van der Waals surface area contributed by atoms with Crippen LogP contribution in [0.5, 0.6) is 0 Å². The number of hydrogen-bond donors (Lipinski definition) is 0. The molecule has 0 bridgehead atoms. The van der Waals surface area contributed by atoms with Gasteiger partial charge in [0.1, 0.15) is 0 Å². The van der Waals surface area contributed by atoms with Crippen LogP contribution in [0, 0.1) is 0 Å². The molecule has 0 atom stereocenters. The molecule has 6 aromatic carbocycles. The van der Waals surface area contributed by atoms with Crippen molar-refractivity contribution in [3.63, 3.8) is 0 Å². The number of thiophene rings is 1. The smallest absolute Gasteiger partial charge is 0.0540 e. The fraction of sp³-hybridized carbons (Fsp3) is 0. The number of halogens is 2. The van der Waals surface area contributed by atoms with Crippen LogP contribution in [-0.4, -0.2) is 0 Å². The third-order valence-corrected chi connectivity index (χ3v) is 8.53. The lowest BCUT2D eigenvalue weighted by Crippen LogP contribution is -2.10. The number of rotatable bonds is 4. The second-order valence-corrected chi connectivity index (χ2v) is 11.2. The summed E-state index contributed by atoms with van der Waals surface area (Å²) in [6, 6.07) is 44.6. The fourth-order valence-corrected chi connectivity index (χ4v) is 6.92. The summed E-state index contributed by atoms with van der Waals surface area (Å²) in [5.41, 5.74) is 5.44. The van der Waals surface area contributed by atoms with Crippen molar-refractivity contribution in [2.75, 3.05) is 4.90 Å². The summed E-state index contributed by atoms with van der Waals surface area (Å²) < 4.78 is 2.60. The Morgan fingerprint density at radius 1 is 0.474 bits per heavy atom. The standard InChI is InChI=1S/C34H21Cl2NS/c35-23-18-22(19-24(36)20-23)27-11-6-13-29-28(27)12-7-14-32(29)37(25-8-2-1-3-9-25)26-16-17-34-31(21-26)30-10-4-5-15-33(30)38-34/h1-21H. The second-order valence-electron chi connectivity index (χ2n) is 9.29. The molecule has 0 aliphatic carbocycles. The van der Waals surface area contributed by atoms with Crippen LogP contribution in [0.2, 0.25) is 10.0 Å². The molecule has 0 unspecified atom stereocenters. The van der Waals surface area contributed by atoms with Crippen LogP contribution >= 0.6 is 34.5 Å². The van der Waals surface area contributed by atoms with Gasteiger partial charge < -0.3 is 4.90 Å². The average Bonchev–Trinajstić information content (AvgIpc) is 3.31. The molecule has 182 valence electrons. The lowest BCUT2D eigenvalue weighted by Gasteiger charge is -2.27. The molecule has 0 amide bonds. The molecule has 4 heteroatoms. The number of hydrogen-bond acceptors (Lipinski definition) is 2. The van der Waals surface area contributed by atoms with Crippen molar-refractivity contribution < 1.29 is 0 Å². The molecule has 1 heterocycles. The summed E-state index contributed by atoms with van der Waals surface area (Å²) in [5.74, 6) is 0. The maximum atomic E-state index is 6.38. The molecular formula is C34H21Cl2NS. The largest absolute Gasteiger partial charge is 0.310 e. The van der Waals surface area contributed by atoms with Gasteiger partial charge in [-0.2, -0.15) is 0 Å². The molecule has 0 saturated heterocycles. The van der Waals surface area contributed by atoms with Gasteiger partial charge in [-0.05, 0) is 77.2 Å². The highest BCUT2D eigenvalue weighted by molar-refractivity contribution is 7.25. The first-order valence-corrected chi connectivity index (χ1v) is 14.0. The lowest BCUT2D eigenvalue weighted by atomic mass is 9.96. The second kappa shape index (κ2) is 9.49. The van der Waals surface area contributed by atoms with E-state index >= 15 is 0 Å². The van der Waals surface area contributed by atoms with Gasteiger partial charge in [-0.3, -0.25) is 0 Å². The maximum Gasteiger partial charge on any atom is 0.0540 e. The van der Waals surface area contributed by atoms with E-state index in [9.17, 15) is 0 Å². The van der Waals surface area contributed by atoms with Crippen molar-refractivity contribution in [3.05, 3.63) is 137 Å². The SMILES string of the molecule is Clc1cc(Cl)cc(-c2cccc3c(N(c4ccccc4)c4ccc5sc6ccccc6c5c4)cccc23)c1. The Balaban J connectivity index is 1.48. The van der Waals surface area contributed by atoms with Crippen molar-refractivity contribution >= 4 is 82.5 Å². The highest BCUT2D eigenvalue weighted by atomic mass is 35.5. The Morgan fingerprint density at radius 2 is 1.16 bits per heavy atom. The van der Waals surface area contributed by atoms with Crippen LogP contribution in [0.15, 0.2) is 127 Å². The van der Waals surface area contributed by atoms with Crippen LogP contribution in [0.1, 0.15) is 0 Å². The normalized spacial score (nSPS) is 11.4. The van der Waals surface area contributed by atoms with Gasteiger partial charge in [0.15, 0.2) is 0 Å². The van der Waals surface area contributed by atoms with Crippen molar-refractivity contribution in [1.82, 2.24) is 0 Å². The van der Waals surface area contributed by atoms with Crippen LogP contribution in [0.25, 0.3) is 42.1 Å². The van der Waals surface area contributed by atoms with Gasteiger partial charge in [0.25, 0.3) is 0 Å². The summed E-state index contributed by atoms with van der Waals surface area (Å²) in [7, 11) is 0. The summed E-state index contributed by atoms with van der Waals surface area (Å²) in [5, 5.41) is 6.12. The highest BCUT2D eigenvalue weighted by Gasteiger charge is 2.18. The van der Waals surface area contributed by atoms with Crippen molar-refractivity contribution in [2.45, 2.75) is 0 Å². The molecule has 1 nitrogen and oxygen atoms in total. The summed E-state index contributed by atoms with van der Waals surface area (Å²) in [6.45, 7) is 0. The minimum atomic E-state index is 0.628. The molecule has 0 aliphatic heterocycles. The van der Waals surface area contributed by atoms with Crippen LogP contribution in [-0.2, 0) is 0 Å². The van der Waals surface area contributed by atoms with E-state index < -0.39 is 0 Å². The zero-order valence-corrected chi connectivity index (χ0v) is 22.6. The predicted molar refractivity (Wildman–Crippen MR) is 167 cm³/mol. The van der Waals surface area contributed by atoms with Crippen LogP contribution in [0.4, 0.5) is 17.1 Å². The van der Waals surface area contributed by atoms with Gasteiger partial charge in [0, 0.05) is 47.0 Å². The zero-order valence-electron chi connectivity index (χ0n) is 20.2. The highest BCUT2D eigenvalue weighted by Crippen LogP contribution is 2.44. The zero-order chi connectivity index (χ0) is 25.6. The number of fused-ring (bicyclic) bond motifs is 4. The topological polar surface area (TPSA) is 3.24 Å². The van der Waals surface area contributed by atoms with Gasteiger partial charge in [-0.1, -0.05) is 89.9 Å². The van der Waals surface area contributed by atoms with E-state index in [2.05, 4.69) is 114 Å². The van der Waals surface area contributed by atoms with E-state index in [4.69, 9.17) is 23.2 Å². The number of para-hydroxylation sites is 1. The molecule has 0 radical (unpaired) electrons. The van der Waals surface area contributed by atoms with Crippen molar-refractivity contribution in [3.8, 4) is 11.1 Å². The molecule has 0 N–H and O–H groups in total. The molecule has 0 saturated carbocycles. The van der Waals surface area contributed by atoms with E-state index in [0.29, 0.717) is 10.0 Å². The number of nitrogens with zero attached hydrogens (tertiary/aromatic N) is 1. The minimum Gasteiger partial charge on any atom is -0.310 e. The lowest BCUT2D eigenvalue weighted by molar-refractivity contribution is 1.30. The van der Waals surface area contributed by atoms with Crippen molar-refractivity contribution in [1.29, 1.82) is 0 Å². The Bertz CT molecular complexity index is 1940. The fourth-order valence-electron chi connectivity index (χ4n) is 5.31. The number of benzene rings is 6. The maximum absolute atomic E-state index is 6.38. The molecule has 7 rings (SSSR count). The van der Waals surface area contributed by atoms with Crippen LogP contribution < -0.4 is 4.90 Å². The Kier molecular flexibility index (Phi) is 5.82. The van der Waals surface area contributed by atoms with E-state index in [0.717, 1.165) is 39.0 Å².